The second-order valence-electron chi connectivity index (χ2n) is 4.07. The van der Waals surface area contributed by atoms with E-state index in [9.17, 15) is 4.79 Å². The van der Waals surface area contributed by atoms with Crippen LogP contribution in [0.15, 0.2) is 12.3 Å². The lowest BCUT2D eigenvalue weighted by Crippen LogP contribution is -2.11. The monoisotopic (exact) mass is 232 g/mol. The molecule has 2 aromatic rings. The first-order chi connectivity index (χ1) is 8.19. The zero-order valence-electron chi connectivity index (χ0n) is 10.1. The molecule has 90 valence electrons. The van der Waals surface area contributed by atoms with E-state index in [1.54, 1.807) is 6.20 Å². The highest BCUT2D eigenvalue weighted by molar-refractivity contribution is 5.92. The van der Waals surface area contributed by atoms with Crippen molar-refractivity contribution in [2.75, 3.05) is 5.32 Å². The first-order valence-corrected chi connectivity index (χ1v) is 5.81. The van der Waals surface area contributed by atoms with Crippen molar-refractivity contribution >= 4 is 22.8 Å². The summed E-state index contributed by atoms with van der Waals surface area (Å²) in [5, 5.41) is 2.83. The van der Waals surface area contributed by atoms with Crippen molar-refractivity contribution in [2.45, 2.75) is 33.1 Å². The summed E-state index contributed by atoms with van der Waals surface area (Å²) in [5.74, 6) is 0.853. The van der Waals surface area contributed by atoms with E-state index >= 15 is 0 Å². The van der Waals surface area contributed by atoms with Gasteiger partial charge in [0.15, 0.2) is 5.65 Å². The van der Waals surface area contributed by atoms with Crippen molar-refractivity contribution in [1.82, 2.24) is 15.0 Å². The minimum Gasteiger partial charge on any atom is -0.341 e. The van der Waals surface area contributed by atoms with Crippen LogP contribution in [0.3, 0.4) is 0 Å². The molecule has 5 heteroatoms. The van der Waals surface area contributed by atoms with Crippen molar-refractivity contribution in [1.29, 1.82) is 0 Å². The summed E-state index contributed by atoms with van der Waals surface area (Å²) in [6.45, 7) is 3.94. The number of amides is 1. The molecule has 2 heterocycles. The zero-order valence-corrected chi connectivity index (χ0v) is 10.1. The van der Waals surface area contributed by atoms with Crippen LogP contribution < -0.4 is 5.32 Å². The van der Waals surface area contributed by atoms with Crippen molar-refractivity contribution in [2.24, 2.45) is 0 Å². The molecule has 2 N–H and O–H groups in total. The Hall–Kier alpha value is -1.91. The molecule has 17 heavy (non-hydrogen) atoms. The highest BCUT2D eigenvalue weighted by Gasteiger charge is 2.05. The number of anilines is 1. The Balaban J connectivity index is 2.10. The molecule has 0 spiro atoms. The predicted molar refractivity (Wildman–Crippen MR) is 66.8 cm³/mol. The Kier molecular flexibility index (Phi) is 3.37. The van der Waals surface area contributed by atoms with Gasteiger partial charge in [-0.25, -0.2) is 9.97 Å². The number of aryl methyl sites for hydroxylation is 1. The van der Waals surface area contributed by atoms with Crippen molar-refractivity contribution in [3.05, 3.63) is 18.1 Å². The molecular formula is C12H16N4O. The van der Waals surface area contributed by atoms with Gasteiger partial charge >= 0.3 is 0 Å². The Morgan fingerprint density at radius 3 is 3.12 bits per heavy atom. The number of hydrogen-bond acceptors (Lipinski definition) is 3. The van der Waals surface area contributed by atoms with Crippen LogP contribution in [0.1, 0.15) is 32.0 Å². The van der Waals surface area contributed by atoms with Crippen molar-refractivity contribution in [3.63, 3.8) is 0 Å². The number of nitrogens with zero attached hydrogens (tertiary/aromatic N) is 2. The van der Waals surface area contributed by atoms with E-state index in [0.717, 1.165) is 24.2 Å². The Morgan fingerprint density at radius 1 is 1.53 bits per heavy atom. The number of fused-ring (bicyclic) bond motifs is 1. The van der Waals surface area contributed by atoms with Gasteiger partial charge in [-0.15, -0.1) is 0 Å². The Bertz CT molecular complexity index is 532. The summed E-state index contributed by atoms with van der Waals surface area (Å²) in [6, 6.07) is 1.85. The summed E-state index contributed by atoms with van der Waals surface area (Å²) in [7, 11) is 0. The van der Waals surface area contributed by atoms with Gasteiger partial charge in [0.05, 0.1) is 17.4 Å². The largest absolute Gasteiger partial charge is 0.341 e. The summed E-state index contributed by atoms with van der Waals surface area (Å²) in [4.78, 5) is 23.0. The first-order valence-electron chi connectivity index (χ1n) is 5.81. The third-order valence-corrected chi connectivity index (χ3v) is 2.50. The lowest BCUT2D eigenvalue weighted by Gasteiger charge is -2.03. The number of carbonyl (C=O) groups is 1. The van der Waals surface area contributed by atoms with Crippen LogP contribution in [0.4, 0.5) is 5.69 Å². The molecule has 2 rings (SSSR count). The molecule has 0 unspecified atom stereocenters. The molecule has 0 saturated heterocycles. The molecule has 0 saturated carbocycles. The van der Waals surface area contributed by atoms with E-state index in [0.29, 0.717) is 17.8 Å². The normalized spacial score (nSPS) is 10.7. The second-order valence-corrected chi connectivity index (χ2v) is 4.07. The average Bonchev–Trinajstić information content (AvgIpc) is 2.65. The number of hydrogen-bond donors (Lipinski definition) is 2. The average molecular weight is 232 g/mol. The molecular weight excluding hydrogens is 216 g/mol. The van der Waals surface area contributed by atoms with E-state index in [-0.39, 0.29) is 5.91 Å². The molecule has 2 aromatic heterocycles. The minimum atomic E-state index is 0.0317. The van der Waals surface area contributed by atoms with Gasteiger partial charge in [0, 0.05) is 6.42 Å². The maximum Gasteiger partial charge on any atom is 0.224 e. The Labute approximate surface area is 99.7 Å². The van der Waals surface area contributed by atoms with E-state index in [4.69, 9.17) is 0 Å². The van der Waals surface area contributed by atoms with Crippen LogP contribution in [-0.4, -0.2) is 20.9 Å². The van der Waals surface area contributed by atoms with Gasteiger partial charge in [-0.3, -0.25) is 4.79 Å². The van der Waals surface area contributed by atoms with Gasteiger partial charge in [-0.05, 0) is 19.4 Å². The van der Waals surface area contributed by atoms with Gasteiger partial charge in [-0.2, -0.15) is 0 Å². The van der Waals surface area contributed by atoms with Crippen LogP contribution in [0, 0.1) is 6.92 Å². The molecule has 0 aliphatic heterocycles. The molecule has 0 bridgehead atoms. The highest BCUT2D eigenvalue weighted by Crippen LogP contribution is 2.14. The van der Waals surface area contributed by atoms with Gasteiger partial charge in [0.1, 0.15) is 5.82 Å². The molecule has 0 aromatic carbocycles. The summed E-state index contributed by atoms with van der Waals surface area (Å²) in [5.41, 5.74) is 2.23. The fourth-order valence-electron chi connectivity index (χ4n) is 1.65. The third kappa shape index (κ3) is 2.81. The maximum absolute atomic E-state index is 11.5. The van der Waals surface area contributed by atoms with Crippen molar-refractivity contribution in [3.8, 4) is 0 Å². The van der Waals surface area contributed by atoms with Gasteiger partial charge in [0.25, 0.3) is 0 Å². The van der Waals surface area contributed by atoms with Crippen LogP contribution in [0.5, 0.6) is 0 Å². The number of carbonyl (C=O) groups excluding carboxylic acids is 1. The summed E-state index contributed by atoms with van der Waals surface area (Å²) >= 11 is 0. The van der Waals surface area contributed by atoms with E-state index < -0.39 is 0 Å². The number of H-pyrrole nitrogens is 1. The first kappa shape index (κ1) is 11.6. The number of aromatic nitrogens is 3. The lowest BCUT2D eigenvalue weighted by atomic mass is 10.2. The lowest BCUT2D eigenvalue weighted by molar-refractivity contribution is -0.116. The topological polar surface area (TPSA) is 70.7 Å². The van der Waals surface area contributed by atoms with Crippen LogP contribution in [0.25, 0.3) is 11.2 Å². The van der Waals surface area contributed by atoms with Gasteiger partial charge in [-0.1, -0.05) is 13.3 Å². The number of aromatic amines is 1. The molecule has 0 fully saturated rings. The summed E-state index contributed by atoms with van der Waals surface area (Å²) in [6.07, 6.45) is 4.11. The number of imidazole rings is 1. The van der Waals surface area contributed by atoms with Crippen LogP contribution >= 0.6 is 0 Å². The molecule has 0 aliphatic rings. The number of unbranched alkanes of at least 4 members (excludes halogenated alkanes) is 1. The third-order valence-electron chi connectivity index (χ3n) is 2.50. The molecule has 0 radical (unpaired) electrons. The SMILES string of the molecule is CCCCC(=O)Nc1cnc2nc(C)[nH]c2c1. The van der Waals surface area contributed by atoms with Gasteiger partial charge in [0.2, 0.25) is 5.91 Å². The zero-order chi connectivity index (χ0) is 12.3. The molecule has 1 amide bonds. The summed E-state index contributed by atoms with van der Waals surface area (Å²) < 4.78 is 0. The Morgan fingerprint density at radius 2 is 2.35 bits per heavy atom. The van der Waals surface area contributed by atoms with E-state index in [2.05, 4.69) is 27.2 Å². The van der Waals surface area contributed by atoms with Crippen LogP contribution in [0.2, 0.25) is 0 Å². The maximum atomic E-state index is 11.5. The highest BCUT2D eigenvalue weighted by atomic mass is 16.1. The van der Waals surface area contributed by atoms with E-state index in [1.165, 1.54) is 0 Å². The smallest absolute Gasteiger partial charge is 0.224 e. The molecule has 0 aliphatic carbocycles. The number of nitrogens with one attached hydrogen (secondary N) is 2. The minimum absolute atomic E-state index is 0.0317. The fraction of sp³-hybridized carbons (Fsp3) is 0.417. The standard InChI is InChI=1S/C12H16N4O/c1-3-4-5-11(17)16-9-6-10-12(13-7-9)15-8(2)14-10/h6-7H,3-5H2,1-2H3,(H,16,17)(H,13,14,15). The second kappa shape index (κ2) is 4.95. The van der Waals surface area contributed by atoms with E-state index in [1.807, 2.05) is 13.0 Å². The fourth-order valence-corrected chi connectivity index (χ4v) is 1.65. The number of pyridine rings is 1. The molecule has 0 atom stereocenters. The quantitative estimate of drug-likeness (QED) is 0.850. The van der Waals surface area contributed by atoms with Gasteiger partial charge < -0.3 is 10.3 Å². The van der Waals surface area contributed by atoms with Crippen molar-refractivity contribution < 1.29 is 4.79 Å². The number of rotatable bonds is 4. The van der Waals surface area contributed by atoms with Crippen LogP contribution in [-0.2, 0) is 4.79 Å². The molecule has 5 nitrogen and oxygen atoms in total. The predicted octanol–water partition coefficient (Wildman–Crippen LogP) is 2.40.